The van der Waals surface area contributed by atoms with Crippen LogP contribution in [0.15, 0.2) is 30.5 Å². The number of carbonyl (C=O) groups is 1. The Hall–Kier alpha value is -3.13. The van der Waals surface area contributed by atoms with Gasteiger partial charge in [0, 0.05) is 29.3 Å². The number of rotatable bonds is 6. The molecule has 1 amide bonds. The molecule has 2 heterocycles. The van der Waals surface area contributed by atoms with E-state index in [1.807, 2.05) is 33.8 Å². The first-order valence-corrected chi connectivity index (χ1v) is 9.59. The monoisotopic (exact) mass is 394 g/mol. The summed E-state index contributed by atoms with van der Waals surface area (Å²) in [4.78, 5) is 17.3. The van der Waals surface area contributed by atoms with E-state index in [2.05, 4.69) is 31.9 Å². The van der Waals surface area contributed by atoms with Crippen LogP contribution in [0.1, 0.15) is 54.0 Å². The predicted octanol–water partition coefficient (Wildman–Crippen LogP) is 2.58. The molecule has 1 atom stereocenters. The van der Waals surface area contributed by atoms with Crippen LogP contribution in [0.5, 0.6) is 0 Å². The number of aryl methyl sites for hydroxylation is 2. The highest BCUT2D eigenvalue weighted by atomic mass is 16.3. The van der Waals surface area contributed by atoms with Crippen LogP contribution in [-0.4, -0.2) is 48.9 Å². The zero-order chi connectivity index (χ0) is 21.1. The van der Waals surface area contributed by atoms with Crippen molar-refractivity contribution in [1.82, 2.24) is 30.5 Å². The first kappa shape index (κ1) is 20.6. The fourth-order valence-corrected chi connectivity index (χ4v) is 3.11. The molecule has 0 aliphatic carbocycles. The number of hydrogen-bond acceptors (Lipinski definition) is 6. The second-order valence-electron chi connectivity index (χ2n) is 7.61. The zero-order valence-electron chi connectivity index (χ0n) is 17.3. The van der Waals surface area contributed by atoms with E-state index in [-0.39, 0.29) is 24.5 Å². The van der Waals surface area contributed by atoms with Gasteiger partial charge in [0.2, 0.25) is 0 Å². The zero-order valence-corrected chi connectivity index (χ0v) is 17.3. The Morgan fingerprint density at radius 1 is 1.17 bits per heavy atom. The van der Waals surface area contributed by atoms with Crippen LogP contribution in [0, 0.1) is 13.8 Å². The number of nitrogens with zero attached hydrogens (tertiary/aromatic N) is 5. The van der Waals surface area contributed by atoms with Crippen LogP contribution in [-0.2, 0) is 0 Å². The molecule has 0 saturated heterocycles. The van der Waals surface area contributed by atoms with Crippen molar-refractivity contribution < 1.29 is 9.90 Å². The molecule has 29 heavy (non-hydrogen) atoms. The van der Waals surface area contributed by atoms with Crippen LogP contribution >= 0.6 is 0 Å². The fraction of sp³-hybridized carbons (Fsp3) is 0.381. The van der Waals surface area contributed by atoms with Crippen LogP contribution < -0.4 is 5.32 Å². The molecule has 0 unspecified atom stereocenters. The molecule has 0 aliphatic heterocycles. The van der Waals surface area contributed by atoms with Crippen LogP contribution in [0.4, 0.5) is 0 Å². The summed E-state index contributed by atoms with van der Waals surface area (Å²) in [7, 11) is 0. The van der Waals surface area contributed by atoms with E-state index in [9.17, 15) is 9.90 Å². The van der Waals surface area contributed by atoms with E-state index < -0.39 is 0 Å². The molecule has 2 N–H and O–H groups in total. The van der Waals surface area contributed by atoms with E-state index >= 15 is 0 Å². The highest BCUT2D eigenvalue weighted by Crippen LogP contribution is 2.27. The lowest BCUT2D eigenvalue weighted by molar-refractivity contribution is 0.0922. The summed E-state index contributed by atoms with van der Waals surface area (Å²) in [6.45, 7) is 9.61. The lowest BCUT2D eigenvalue weighted by atomic mass is 10.0. The first-order chi connectivity index (χ1) is 13.8. The molecule has 0 aliphatic rings. The van der Waals surface area contributed by atoms with Gasteiger partial charge in [-0.2, -0.15) is 4.68 Å². The fourth-order valence-electron chi connectivity index (χ4n) is 3.11. The van der Waals surface area contributed by atoms with E-state index in [1.54, 1.807) is 29.9 Å². The van der Waals surface area contributed by atoms with Gasteiger partial charge in [-0.25, -0.2) is 0 Å². The summed E-state index contributed by atoms with van der Waals surface area (Å²) in [5.41, 5.74) is 4.80. The molecular formula is C21H26N6O2. The standard InChI is InChI=1S/C21H26N6O2/c1-12(2)20-24-25-26-27(20)18-8-16(19-14(4)6-13(3)10-22-19)7-17(9-18)21(29)23-15(5)11-28/h6-10,12,15,28H,11H2,1-5H3,(H,23,29)/t15-/m0/s1. The molecule has 0 bridgehead atoms. The maximum atomic E-state index is 12.8. The number of aromatic nitrogens is 5. The molecule has 0 radical (unpaired) electrons. The van der Waals surface area contributed by atoms with Crippen molar-refractivity contribution in [2.24, 2.45) is 0 Å². The molecule has 0 fully saturated rings. The van der Waals surface area contributed by atoms with Gasteiger partial charge in [-0.15, -0.1) is 5.10 Å². The SMILES string of the molecule is Cc1cnc(-c2cc(C(=O)N[C@@H](C)CO)cc(-n3nnnc3C(C)C)c2)c(C)c1. The topological polar surface area (TPSA) is 106 Å². The van der Waals surface area contributed by atoms with Crippen molar-refractivity contribution in [2.45, 2.75) is 46.6 Å². The summed E-state index contributed by atoms with van der Waals surface area (Å²) >= 11 is 0. The Bertz CT molecular complexity index is 1030. The number of carbonyl (C=O) groups excluding carboxylic acids is 1. The number of amides is 1. The number of benzene rings is 1. The van der Waals surface area contributed by atoms with Crippen molar-refractivity contribution in [3.8, 4) is 16.9 Å². The molecule has 8 heteroatoms. The Labute approximate surface area is 170 Å². The molecule has 3 rings (SSSR count). The van der Waals surface area contributed by atoms with E-state index in [4.69, 9.17) is 0 Å². The highest BCUT2D eigenvalue weighted by molar-refractivity contribution is 5.96. The molecule has 0 saturated carbocycles. The molecule has 0 spiro atoms. The minimum atomic E-state index is -0.354. The van der Waals surface area contributed by atoms with Gasteiger partial charge in [0.05, 0.1) is 18.0 Å². The van der Waals surface area contributed by atoms with Crippen molar-refractivity contribution in [1.29, 1.82) is 0 Å². The number of aliphatic hydroxyl groups excluding tert-OH is 1. The summed E-state index contributed by atoms with van der Waals surface area (Å²) in [6.07, 6.45) is 1.80. The normalized spacial score (nSPS) is 12.2. The van der Waals surface area contributed by atoms with E-state index in [0.717, 1.165) is 22.4 Å². The van der Waals surface area contributed by atoms with Gasteiger partial charge < -0.3 is 10.4 Å². The summed E-state index contributed by atoms with van der Waals surface area (Å²) in [5.74, 6) is 0.531. The second-order valence-corrected chi connectivity index (χ2v) is 7.61. The molecule has 3 aromatic rings. The first-order valence-electron chi connectivity index (χ1n) is 9.59. The van der Waals surface area contributed by atoms with Crippen molar-refractivity contribution in [3.63, 3.8) is 0 Å². The third-order valence-corrected chi connectivity index (χ3v) is 4.57. The Morgan fingerprint density at radius 3 is 2.59 bits per heavy atom. The number of pyridine rings is 1. The molecule has 2 aromatic heterocycles. The molecule has 1 aromatic carbocycles. The van der Waals surface area contributed by atoms with Crippen molar-refractivity contribution in [3.05, 3.63) is 53.0 Å². The Kier molecular flexibility index (Phi) is 6.03. The highest BCUT2D eigenvalue weighted by Gasteiger charge is 2.18. The van der Waals surface area contributed by atoms with E-state index in [0.29, 0.717) is 17.1 Å². The number of tetrazole rings is 1. The Morgan fingerprint density at radius 2 is 1.93 bits per heavy atom. The lowest BCUT2D eigenvalue weighted by Crippen LogP contribution is -2.35. The van der Waals surface area contributed by atoms with Crippen molar-refractivity contribution in [2.75, 3.05) is 6.61 Å². The quantitative estimate of drug-likeness (QED) is 0.666. The third kappa shape index (κ3) is 4.48. The number of nitrogens with one attached hydrogen (secondary N) is 1. The number of hydrogen-bond donors (Lipinski definition) is 2. The van der Waals surface area contributed by atoms with Gasteiger partial charge in [-0.3, -0.25) is 9.78 Å². The minimum Gasteiger partial charge on any atom is -0.394 e. The van der Waals surface area contributed by atoms with E-state index in [1.165, 1.54) is 0 Å². The molecular weight excluding hydrogens is 368 g/mol. The lowest BCUT2D eigenvalue weighted by Gasteiger charge is -2.15. The van der Waals surface area contributed by atoms with Gasteiger partial charge in [0.15, 0.2) is 5.82 Å². The van der Waals surface area contributed by atoms with Crippen LogP contribution in [0.2, 0.25) is 0 Å². The molecule has 152 valence electrons. The van der Waals surface area contributed by atoms with Crippen molar-refractivity contribution >= 4 is 5.91 Å². The maximum Gasteiger partial charge on any atom is 0.251 e. The second kappa shape index (κ2) is 8.48. The van der Waals surface area contributed by atoms with Gasteiger partial charge in [-0.05, 0) is 60.5 Å². The average molecular weight is 394 g/mol. The van der Waals surface area contributed by atoms with Gasteiger partial charge >= 0.3 is 0 Å². The average Bonchev–Trinajstić information content (AvgIpc) is 3.17. The summed E-state index contributed by atoms with van der Waals surface area (Å²) in [5, 5.41) is 24.1. The summed E-state index contributed by atoms with van der Waals surface area (Å²) < 4.78 is 1.64. The Balaban J connectivity index is 2.16. The van der Waals surface area contributed by atoms with Gasteiger partial charge in [-0.1, -0.05) is 19.9 Å². The van der Waals surface area contributed by atoms with Gasteiger partial charge in [0.1, 0.15) is 0 Å². The smallest absolute Gasteiger partial charge is 0.251 e. The molecule has 8 nitrogen and oxygen atoms in total. The largest absolute Gasteiger partial charge is 0.394 e. The third-order valence-electron chi connectivity index (χ3n) is 4.57. The minimum absolute atomic E-state index is 0.111. The predicted molar refractivity (Wildman–Crippen MR) is 110 cm³/mol. The van der Waals surface area contributed by atoms with Gasteiger partial charge in [0.25, 0.3) is 5.91 Å². The van der Waals surface area contributed by atoms with Crippen LogP contribution in [0.25, 0.3) is 16.9 Å². The maximum absolute atomic E-state index is 12.8. The van der Waals surface area contributed by atoms with Crippen LogP contribution in [0.3, 0.4) is 0 Å². The summed E-state index contributed by atoms with van der Waals surface area (Å²) in [6, 6.07) is 7.17. The number of aliphatic hydroxyl groups is 1.